The lowest BCUT2D eigenvalue weighted by atomic mass is 9.33. The third-order valence-corrected chi connectivity index (χ3v) is 19.5. The summed E-state index contributed by atoms with van der Waals surface area (Å²) in [6.45, 7) is 14.0. The summed E-state index contributed by atoms with van der Waals surface area (Å²) in [4.78, 5) is 12.5. The van der Waals surface area contributed by atoms with E-state index in [-0.39, 0.29) is 57.5 Å². The molecule has 7 fully saturated rings. The van der Waals surface area contributed by atoms with E-state index in [0.29, 0.717) is 12.8 Å². The van der Waals surface area contributed by atoms with Crippen molar-refractivity contribution in [2.45, 2.75) is 211 Å². The van der Waals surface area contributed by atoms with Crippen LogP contribution in [0.5, 0.6) is 0 Å². The van der Waals surface area contributed by atoms with E-state index in [9.17, 15) is 66.1 Å². The Morgan fingerprint density at radius 3 is 1.82 bits per heavy atom. The molecule has 12 N–H and O–H groups in total. The minimum Gasteiger partial charge on any atom is -0.479 e. The zero-order valence-electron chi connectivity index (χ0n) is 39.8. The van der Waals surface area contributed by atoms with E-state index in [1.54, 1.807) is 0 Å². The number of aliphatic hydroxyl groups is 11. The molecule has 6 unspecified atom stereocenters. The van der Waals surface area contributed by atoms with Gasteiger partial charge >= 0.3 is 5.97 Å². The molecule has 67 heavy (non-hydrogen) atoms. The maximum absolute atomic E-state index is 12.5. The van der Waals surface area contributed by atoms with Gasteiger partial charge in [-0.15, -0.1) is 0 Å². The maximum Gasteiger partial charge on any atom is 0.335 e. The molecule has 19 heteroatoms. The van der Waals surface area contributed by atoms with Crippen molar-refractivity contribution >= 4 is 5.97 Å². The summed E-state index contributed by atoms with van der Waals surface area (Å²) in [5.41, 5.74) is -0.143. The average Bonchev–Trinajstić information content (AvgIpc) is 3.27. The topological polar surface area (TPSA) is 315 Å². The number of rotatable bonds is 10. The standard InChI is InChI=1S/C48H78O19/c1-43(2)16-22-21-8-9-26-45(4)12-11-28(46(5,20-51)25(45)10-13-48(26,7)47(21,6)15-14-44(22,3)27(52)17-43)64-42-38(34(58)33(57)36(65-42)39(60)61)67-41-37(32(56)30(54)24(19-50)63-41)66-40-35(59)31(55)29(53)23(18-49)62-40/h8,22-38,40-42,49-59H,9-20H2,1-7H3,(H,60,61)/t22?,23-,24-,25?,26?,27-,28+,29-,30+,31+,32+,33+,34+,35-,36+,37-,38-,40?,41?,42?,44-,45+,46-,47-,48-/m1/s1. The fourth-order valence-electron chi connectivity index (χ4n) is 15.2. The Bertz CT molecular complexity index is 1830. The molecule has 4 saturated carbocycles. The molecule has 19 nitrogen and oxygen atoms in total. The number of carboxylic acids is 1. The Labute approximate surface area is 392 Å². The summed E-state index contributed by atoms with van der Waals surface area (Å²) in [6, 6.07) is 0. The van der Waals surface area contributed by atoms with E-state index in [4.69, 9.17) is 28.4 Å². The monoisotopic (exact) mass is 959 g/mol. The molecule has 0 aromatic heterocycles. The molecule has 3 aliphatic heterocycles. The molecule has 8 aliphatic rings. The molecule has 3 saturated heterocycles. The molecule has 8 rings (SSSR count). The Kier molecular flexibility index (Phi) is 14.1. The molecule has 384 valence electrons. The van der Waals surface area contributed by atoms with Crippen LogP contribution in [0.2, 0.25) is 0 Å². The first kappa shape index (κ1) is 51.9. The van der Waals surface area contributed by atoms with Gasteiger partial charge in [-0.25, -0.2) is 4.79 Å². The number of hydrogen-bond donors (Lipinski definition) is 12. The first-order chi connectivity index (χ1) is 31.3. The molecular weight excluding hydrogens is 881 g/mol. The fourth-order valence-corrected chi connectivity index (χ4v) is 15.2. The van der Waals surface area contributed by atoms with Crippen LogP contribution in [-0.2, 0) is 33.2 Å². The van der Waals surface area contributed by atoms with Gasteiger partial charge in [0.2, 0.25) is 0 Å². The highest BCUT2D eigenvalue weighted by atomic mass is 16.8. The number of carbonyl (C=O) groups is 1. The van der Waals surface area contributed by atoms with E-state index in [0.717, 1.165) is 44.9 Å². The Morgan fingerprint density at radius 2 is 1.21 bits per heavy atom. The van der Waals surface area contributed by atoms with Crippen LogP contribution in [-0.4, -0.2) is 191 Å². The quantitative estimate of drug-likeness (QED) is 0.0986. The van der Waals surface area contributed by atoms with Gasteiger partial charge in [-0.3, -0.25) is 0 Å². The fraction of sp³-hybridized carbons (Fsp3) is 0.938. The molecule has 5 aliphatic carbocycles. The average molecular weight is 959 g/mol. The highest BCUT2D eigenvalue weighted by Gasteiger charge is 2.70. The lowest BCUT2D eigenvalue weighted by Crippen LogP contribution is -2.68. The van der Waals surface area contributed by atoms with Gasteiger partial charge in [0.1, 0.15) is 67.1 Å². The minimum atomic E-state index is -2.10. The third-order valence-electron chi connectivity index (χ3n) is 19.5. The van der Waals surface area contributed by atoms with Crippen molar-refractivity contribution in [1.82, 2.24) is 0 Å². The molecule has 0 aromatic rings. The summed E-state index contributed by atoms with van der Waals surface area (Å²) < 4.78 is 36.0. The predicted octanol–water partition coefficient (Wildman–Crippen LogP) is -0.323. The van der Waals surface area contributed by atoms with Gasteiger partial charge < -0.3 is 89.7 Å². The smallest absolute Gasteiger partial charge is 0.335 e. The summed E-state index contributed by atoms with van der Waals surface area (Å²) in [5.74, 6) is -1.22. The summed E-state index contributed by atoms with van der Waals surface area (Å²) in [7, 11) is 0. The Morgan fingerprint density at radius 1 is 0.627 bits per heavy atom. The summed E-state index contributed by atoms with van der Waals surface area (Å²) in [5, 5.41) is 130. The van der Waals surface area contributed by atoms with Crippen molar-refractivity contribution < 1.29 is 94.5 Å². The van der Waals surface area contributed by atoms with Gasteiger partial charge in [-0.05, 0) is 97.2 Å². The van der Waals surface area contributed by atoms with E-state index in [1.165, 1.54) is 5.57 Å². The van der Waals surface area contributed by atoms with Gasteiger partial charge in [0.05, 0.1) is 32.0 Å². The largest absolute Gasteiger partial charge is 0.479 e. The normalized spacial score (nSPS) is 55.3. The van der Waals surface area contributed by atoms with Crippen LogP contribution in [0.1, 0.15) is 106 Å². The highest BCUT2D eigenvalue weighted by Crippen LogP contribution is 2.76. The van der Waals surface area contributed by atoms with Gasteiger partial charge in [0.25, 0.3) is 0 Å². The van der Waals surface area contributed by atoms with Gasteiger partial charge in [0.15, 0.2) is 25.0 Å². The number of allylic oxidation sites excluding steroid dienone is 2. The molecule has 0 amide bonds. The SMILES string of the molecule is CC1(C)CC2C3=CCC4[C@@]5(C)CC[C@H](OC6O[C@H](C(=O)O)[C@@H](O)[C@H](O)[C@H]6OC6O[C@H](CO)[C@H](O)[C@H](O)[C@H]6OC6O[C@H](CO)[C@@H](O)[C@H](O)[C@H]6O)[C@](C)(CO)C5CC[C@@]4(C)[C@]3(C)CC[C@@]2(C)[C@H](O)C1. The van der Waals surface area contributed by atoms with E-state index < -0.39 is 123 Å². The van der Waals surface area contributed by atoms with Crippen LogP contribution >= 0.6 is 0 Å². The van der Waals surface area contributed by atoms with E-state index in [2.05, 4.69) is 47.6 Å². The maximum atomic E-state index is 12.5. The number of aliphatic carboxylic acids is 1. The zero-order chi connectivity index (χ0) is 49.1. The van der Waals surface area contributed by atoms with Crippen LogP contribution in [0.4, 0.5) is 0 Å². The number of fused-ring (bicyclic) bond motifs is 7. The van der Waals surface area contributed by atoms with Gasteiger partial charge in [-0.2, -0.15) is 0 Å². The molecule has 0 radical (unpaired) electrons. The van der Waals surface area contributed by atoms with Crippen molar-refractivity contribution in [3.05, 3.63) is 11.6 Å². The van der Waals surface area contributed by atoms with Crippen molar-refractivity contribution in [1.29, 1.82) is 0 Å². The molecule has 25 atom stereocenters. The second-order valence-electron chi connectivity index (χ2n) is 23.6. The van der Waals surface area contributed by atoms with Crippen LogP contribution in [0.25, 0.3) is 0 Å². The molecule has 0 aromatic carbocycles. The lowest BCUT2D eigenvalue weighted by molar-refractivity contribution is -0.397. The summed E-state index contributed by atoms with van der Waals surface area (Å²) >= 11 is 0. The number of carboxylic acid groups (broad SMARTS) is 1. The van der Waals surface area contributed by atoms with Crippen molar-refractivity contribution in [3.8, 4) is 0 Å². The Hall–Kier alpha value is -1.47. The molecular formula is C48H78O19. The first-order valence-electron chi connectivity index (χ1n) is 24.4. The minimum absolute atomic E-state index is 0.00861. The van der Waals surface area contributed by atoms with Gasteiger partial charge in [0, 0.05) is 10.8 Å². The predicted molar refractivity (Wildman–Crippen MR) is 232 cm³/mol. The lowest BCUT2D eigenvalue weighted by Gasteiger charge is -2.72. The van der Waals surface area contributed by atoms with Gasteiger partial charge in [-0.1, -0.05) is 60.1 Å². The van der Waals surface area contributed by atoms with Crippen molar-refractivity contribution in [2.24, 2.45) is 50.2 Å². The second-order valence-corrected chi connectivity index (χ2v) is 23.6. The number of aliphatic hydroxyl groups excluding tert-OH is 11. The van der Waals surface area contributed by atoms with Crippen LogP contribution in [0.3, 0.4) is 0 Å². The molecule has 0 spiro atoms. The highest BCUT2D eigenvalue weighted by molar-refractivity contribution is 5.73. The zero-order valence-corrected chi connectivity index (χ0v) is 39.8. The second kappa shape index (κ2) is 18.2. The van der Waals surface area contributed by atoms with Crippen molar-refractivity contribution in [3.63, 3.8) is 0 Å². The first-order valence-corrected chi connectivity index (χ1v) is 24.4. The van der Waals surface area contributed by atoms with Crippen LogP contribution < -0.4 is 0 Å². The number of hydrogen-bond acceptors (Lipinski definition) is 18. The van der Waals surface area contributed by atoms with E-state index >= 15 is 0 Å². The summed E-state index contributed by atoms with van der Waals surface area (Å²) in [6.07, 6.45) is -19.2. The van der Waals surface area contributed by atoms with Crippen LogP contribution in [0, 0.1) is 50.2 Å². The molecule has 3 heterocycles. The Balaban J connectivity index is 1.08. The number of ether oxygens (including phenoxy) is 6. The third kappa shape index (κ3) is 8.10. The van der Waals surface area contributed by atoms with E-state index in [1.807, 2.05) is 6.92 Å². The molecule has 0 bridgehead atoms. The van der Waals surface area contributed by atoms with Crippen LogP contribution in [0.15, 0.2) is 11.6 Å². The van der Waals surface area contributed by atoms with Crippen molar-refractivity contribution in [2.75, 3.05) is 19.8 Å².